The summed E-state index contributed by atoms with van der Waals surface area (Å²) in [6.45, 7) is 11.7. The van der Waals surface area contributed by atoms with E-state index >= 15 is 0 Å². The van der Waals surface area contributed by atoms with E-state index in [1.54, 1.807) is 0 Å². The topological polar surface area (TPSA) is 54.5 Å². The average molecular weight is 315 g/mol. The number of nitrogens with zero attached hydrogens (tertiary/aromatic N) is 2. The number of nitrogens with one attached hydrogen (secondary N) is 1. The van der Waals surface area contributed by atoms with Crippen molar-refractivity contribution in [2.75, 3.05) is 31.6 Å². The van der Waals surface area contributed by atoms with Crippen LogP contribution in [0.2, 0.25) is 0 Å². The van der Waals surface area contributed by atoms with Crippen molar-refractivity contribution in [3.63, 3.8) is 0 Å². The highest BCUT2D eigenvalue weighted by Crippen LogP contribution is 2.22. The summed E-state index contributed by atoms with van der Waals surface area (Å²) < 4.78 is 5.37. The van der Waals surface area contributed by atoms with Gasteiger partial charge < -0.3 is 10.1 Å². The van der Waals surface area contributed by atoms with E-state index in [0.29, 0.717) is 17.8 Å². The number of amides is 1. The first kappa shape index (κ1) is 18.0. The molecule has 2 rings (SSSR count). The second-order valence-corrected chi connectivity index (χ2v) is 6.76. The van der Waals surface area contributed by atoms with Crippen molar-refractivity contribution < 1.29 is 9.53 Å². The Morgan fingerprint density at radius 1 is 1.43 bits per heavy atom. The fourth-order valence-corrected chi connectivity index (χ4v) is 2.35. The molecule has 0 aromatic carbocycles. The Kier molecular flexibility index (Phi) is 5.81. The van der Waals surface area contributed by atoms with Crippen LogP contribution in [-0.2, 0) is 16.1 Å². The van der Waals surface area contributed by atoms with Crippen molar-refractivity contribution in [1.82, 2.24) is 9.88 Å². The number of anilines is 1. The molecule has 0 spiro atoms. The number of pyridine rings is 1. The van der Waals surface area contributed by atoms with E-state index < -0.39 is 5.41 Å². The number of hydrogen-bond acceptors (Lipinski definition) is 4. The van der Waals surface area contributed by atoms with Gasteiger partial charge >= 0.3 is 0 Å². The standard InChI is InChI=1S/C17H26BN3O2/c1-5-17(3,4)16(22)20-14-10-12(2)15(18)13(19-14)11-21-6-8-23-9-7-21/h10H,5-9,11H2,1-4H3,(H,19,20,22). The molecule has 2 radical (unpaired) electrons. The average Bonchev–Trinajstić information content (AvgIpc) is 2.53. The van der Waals surface area contributed by atoms with Crippen molar-refractivity contribution in [3.8, 4) is 0 Å². The molecule has 2 heterocycles. The van der Waals surface area contributed by atoms with Crippen molar-refractivity contribution in [1.29, 1.82) is 0 Å². The lowest BCUT2D eigenvalue weighted by atomic mass is 9.88. The molecular weight excluding hydrogens is 289 g/mol. The predicted octanol–water partition coefficient (Wildman–Crippen LogP) is 1.39. The minimum Gasteiger partial charge on any atom is -0.379 e. The van der Waals surface area contributed by atoms with Gasteiger partial charge in [0.05, 0.1) is 18.9 Å². The summed E-state index contributed by atoms with van der Waals surface area (Å²) in [5.41, 5.74) is 2.04. The highest BCUT2D eigenvalue weighted by molar-refractivity contribution is 6.34. The second-order valence-electron chi connectivity index (χ2n) is 6.76. The van der Waals surface area contributed by atoms with E-state index in [1.807, 2.05) is 33.8 Å². The molecule has 0 atom stereocenters. The Morgan fingerprint density at radius 3 is 2.70 bits per heavy atom. The number of ether oxygens (including phenoxy) is 1. The molecular formula is C17H26BN3O2. The fourth-order valence-electron chi connectivity index (χ4n) is 2.35. The summed E-state index contributed by atoms with van der Waals surface area (Å²) in [6, 6.07) is 1.84. The Hall–Kier alpha value is -1.40. The van der Waals surface area contributed by atoms with Gasteiger partial charge in [0.2, 0.25) is 5.91 Å². The number of aryl methyl sites for hydroxylation is 1. The van der Waals surface area contributed by atoms with Gasteiger partial charge in [-0.1, -0.05) is 31.8 Å². The van der Waals surface area contributed by atoms with Gasteiger partial charge in [-0.3, -0.25) is 9.69 Å². The smallest absolute Gasteiger partial charge is 0.231 e. The molecule has 0 unspecified atom stereocenters. The third kappa shape index (κ3) is 4.55. The number of rotatable bonds is 5. The molecule has 1 aromatic rings. The van der Waals surface area contributed by atoms with Crippen LogP contribution in [0.4, 0.5) is 5.82 Å². The second kappa shape index (κ2) is 7.45. The molecule has 1 saturated heterocycles. The number of aromatic nitrogens is 1. The van der Waals surface area contributed by atoms with Crippen LogP contribution in [-0.4, -0.2) is 49.9 Å². The van der Waals surface area contributed by atoms with Crippen LogP contribution >= 0.6 is 0 Å². The Morgan fingerprint density at radius 2 is 2.09 bits per heavy atom. The van der Waals surface area contributed by atoms with Gasteiger partial charge in [-0.25, -0.2) is 4.98 Å². The van der Waals surface area contributed by atoms with Gasteiger partial charge in [0.25, 0.3) is 0 Å². The van der Waals surface area contributed by atoms with Crippen LogP contribution in [0.15, 0.2) is 6.07 Å². The largest absolute Gasteiger partial charge is 0.379 e. The van der Waals surface area contributed by atoms with Gasteiger partial charge in [0.1, 0.15) is 13.7 Å². The van der Waals surface area contributed by atoms with E-state index in [2.05, 4.69) is 15.2 Å². The first-order valence-corrected chi connectivity index (χ1v) is 8.21. The third-order valence-corrected chi connectivity index (χ3v) is 4.56. The monoisotopic (exact) mass is 315 g/mol. The normalized spacial score (nSPS) is 16.3. The molecule has 23 heavy (non-hydrogen) atoms. The van der Waals surface area contributed by atoms with Crippen molar-refractivity contribution in [2.24, 2.45) is 5.41 Å². The highest BCUT2D eigenvalue weighted by atomic mass is 16.5. The molecule has 0 aliphatic carbocycles. The summed E-state index contributed by atoms with van der Waals surface area (Å²) in [5.74, 6) is 0.556. The predicted molar refractivity (Wildman–Crippen MR) is 93.2 cm³/mol. The quantitative estimate of drug-likeness (QED) is 0.835. The number of carbonyl (C=O) groups excluding carboxylic acids is 1. The van der Waals surface area contributed by atoms with Gasteiger partial charge in [-0.2, -0.15) is 0 Å². The maximum absolute atomic E-state index is 12.4. The summed E-state index contributed by atoms with van der Waals surface area (Å²) in [7, 11) is 6.18. The van der Waals surface area contributed by atoms with Crippen molar-refractivity contribution >= 4 is 25.0 Å². The van der Waals surface area contributed by atoms with E-state index in [4.69, 9.17) is 12.6 Å². The summed E-state index contributed by atoms with van der Waals surface area (Å²) in [4.78, 5) is 19.2. The summed E-state index contributed by atoms with van der Waals surface area (Å²) >= 11 is 0. The van der Waals surface area contributed by atoms with Crippen LogP contribution < -0.4 is 10.8 Å². The molecule has 6 heteroatoms. The zero-order valence-electron chi connectivity index (χ0n) is 14.6. The number of morpholine rings is 1. The van der Waals surface area contributed by atoms with E-state index in [0.717, 1.165) is 44.0 Å². The number of hydrogen-bond donors (Lipinski definition) is 1. The van der Waals surface area contributed by atoms with E-state index in [9.17, 15) is 4.79 Å². The van der Waals surface area contributed by atoms with Gasteiger partial charge in [-0.15, -0.1) is 0 Å². The Labute approximate surface area is 140 Å². The Balaban J connectivity index is 2.16. The van der Waals surface area contributed by atoms with Crippen LogP contribution in [0.25, 0.3) is 0 Å². The van der Waals surface area contributed by atoms with Crippen molar-refractivity contribution in [3.05, 3.63) is 17.3 Å². The van der Waals surface area contributed by atoms with E-state index in [1.165, 1.54) is 0 Å². The molecule has 1 N–H and O–H groups in total. The SMILES string of the molecule is [B]c1c(C)cc(NC(=O)C(C)(C)CC)nc1CN1CCOCC1. The van der Waals surface area contributed by atoms with Crippen LogP contribution in [0.3, 0.4) is 0 Å². The molecule has 1 aliphatic heterocycles. The lowest BCUT2D eigenvalue weighted by Crippen LogP contribution is -2.38. The minimum atomic E-state index is -0.415. The maximum Gasteiger partial charge on any atom is 0.231 e. The van der Waals surface area contributed by atoms with E-state index in [-0.39, 0.29) is 5.91 Å². The zero-order valence-corrected chi connectivity index (χ0v) is 14.6. The molecule has 1 amide bonds. The summed E-state index contributed by atoms with van der Waals surface area (Å²) in [5, 5.41) is 2.93. The fraction of sp³-hybridized carbons (Fsp3) is 0.647. The van der Waals surface area contributed by atoms with Crippen LogP contribution in [0, 0.1) is 12.3 Å². The van der Waals surface area contributed by atoms with Crippen LogP contribution in [0.5, 0.6) is 0 Å². The lowest BCUT2D eigenvalue weighted by molar-refractivity contribution is -0.124. The first-order valence-electron chi connectivity index (χ1n) is 8.21. The molecule has 124 valence electrons. The van der Waals surface area contributed by atoms with Crippen molar-refractivity contribution in [2.45, 2.75) is 40.7 Å². The molecule has 5 nitrogen and oxygen atoms in total. The maximum atomic E-state index is 12.4. The molecule has 1 fully saturated rings. The van der Waals surface area contributed by atoms with Gasteiger partial charge in [0, 0.05) is 25.0 Å². The molecule has 1 aliphatic rings. The molecule has 0 saturated carbocycles. The lowest BCUT2D eigenvalue weighted by Gasteiger charge is -2.27. The molecule has 1 aromatic heterocycles. The van der Waals surface area contributed by atoms with Gasteiger partial charge in [-0.05, 0) is 19.4 Å². The summed E-state index contributed by atoms with van der Waals surface area (Å²) in [6.07, 6.45) is 0.771. The molecule has 0 bridgehead atoms. The Bertz CT molecular complexity index is 569. The third-order valence-electron chi connectivity index (χ3n) is 4.56. The minimum absolute atomic E-state index is 0.0195. The highest BCUT2D eigenvalue weighted by Gasteiger charge is 2.26. The van der Waals surface area contributed by atoms with Gasteiger partial charge in [0.15, 0.2) is 0 Å². The number of carbonyl (C=O) groups is 1. The van der Waals surface area contributed by atoms with Crippen LogP contribution in [0.1, 0.15) is 38.4 Å². The first-order chi connectivity index (χ1) is 10.8. The zero-order chi connectivity index (χ0) is 17.0.